The molecule has 0 unspecified atom stereocenters. The molecule has 32 heavy (non-hydrogen) atoms. The predicted octanol–water partition coefficient (Wildman–Crippen LogP) is 4.58. The van der Waals surface area contributed by atoms with E-state index in [0.29, 0.717) is 40.4 Å². The van der Waals surface area contributed by atoms with Crippen LogP contribution in [0.1, 0.15) is 24.3 Å². The zero-order valence-electron chi connectivity index (χ0n) is 17.7. The normalized spacial score (nSPS) is 15.0. The van der Waals surface area contributed by atoms with Gasteiger partial charge in [0.1, 0.15) is 5.75 Å². The SMILES string of the molecule is COc1ccccc1CNC(=O)C1CCN(Cc2nc(-c3ccc(Cl)cc3Cl)no2)CC1. The standard InChI is InChI=1S/C23H24Cl2N4O3/c1-31-20-5-3-2-4-16(20)13-26-23(30)15-8-10-29(11-9-15)14-21-27-22(28-32-21)18-7-6-17(24)12-19(18)25/h2-7,12,15H,8-11,13-14H2,1H3,(H,26,30). The van der Waals surface area contributed by atoms with E-state index in [4.69, 9.17) is 32.5 Å². The van der Waals surface area contributed by atoms with E-state index in [1.165, 1.54) is 0 Å². The molecule has 0 bridgehead atoms. The molecule has 4 rings (SSSR count). The summed E-state index contributed by atoms with van der Waals surface area (Å²) < 4.78 is 10.7. The minimum absolute atomic E-state index is 0.00734. The Bertz CT molecular complexity index is 1080. The third kappa shape index (κ3) is 5.41. The number of aromatic nitrogens is 2. The van der Waals surface area contributed by atoms with Crippen molar-refractivity contribution in [1.82, 2.24) is 20.4 Å². The van der Waals surface area contributed by atoms with Crippen LogP contribution in [0.4, 0.5) is 0 Å². The van der Waals surface area contributed by atoms with Crippen LogP contribution >= 0.6 is 23.2 Å². The molecule has 2 aromatic carbocycles. The molecule has 1 aliphatic rings. The maximum atomic E-state index is 12.6. The highest BCUT2D eigenvalue weighted by atomic mass is 35.5. The summed E-state index contributed by atoms with van der Waals surface area (Å²) in [7, 11) is 1.63. The van der Waals surface area contributed by atoms with Gasteiger partial charge in [0.2, 0.25) is 17.6 Å². The van der Waals surface area contributed by atoms with Crippen LogP contribution in [-0.4, -0.2) is 41.1 Å². The van der Waals surface area contributed by atoms with Crippen molar-refractivity contribution >= 4 is 29.1 Å². The van der Waals surface area contributed by atoms with Gasteiger partial charge in [-0.15, -0.1) is 0 Å². The fourth-order valence-electron chi connectivity index (χ4n) is 3.82. The number of methoxy groups -OCH3 is 1. The number of nitrogens with zero attached hydrogens (tertiary/aromatic N) is 3. The minimum Gasteiger partial charge on any atom is -0.496 e. The van der Waals surface area contributed by atoms with Gasteiger partial charge in [-0.05, 0) is 50.2 Å². The molecule has 1 fully saturated rings. The Hall–Kier alpha value is -2.61. The van der Waals surface area contributed by atoms with Crippen LogP contribution in [-0.2, 0) is 17.9 Å². The molecule has 9 heteroatoms. The fraction of sp³-hybridized carbons (Fsp3) is 0.348. The quantitative estimate of drug-likeness (QED) is 0.539. The lowest BCUT2D eigenvalue weighted by atomic mass is 9.96. The van der Waals surface area contributed by atoms with Crippen LogP contribution in [0.3, 0.4) is 0 Å². The first-order valence-corrected chi connectivity index (χ1v) is 11.2. The Balaban J connectivity index is 1.27. The van der Waals surface area contributed by atoms with Crippen molar-refractivity contribution in [1.29, 1.82) is 0 Å². The molecule has 168 valence electrons. The van der Waals surface area contributed by atoms with E-state index in [-0.39, 0.29) is 11.8 Å². The molecule has 7 nitrogen and oxygen atoms in total. The lowest BCUT2D eigenvalue weighted by Crippen LogP contribution is -2.40. The fourth-order valence-corrected chi connectivity index (χ4v) is 4.31. The number of hydrogen-bond donors (Lipinski definition) is 1. The summed E-state index contributed by atoms with van der Waals surface area (Å²) in [6.07, 6.45) is 1.56. The van der Waals surface area contributed by atoms with Crippen LogP contribution in [0.5, 0.6) is 5.75 Å². The van der Waals surface area contributed by atoms with Crippen LogP contribution in [0.15, 0.2) is 47.0 Å². The van der Waals surface area contributed by atoms with Crippen molar-refractivity contribution in [3.63, 3.8) is 0 Å². The van der Waals surface area contributed by atoms with Gasteiger partial charge in [0.05, 0.1) is 18.7 Å². The van der Waals surface area contributed by atoms with E-state index in [1.807, 2.05) is 24.3 Å². The van der Waals surface area contributed by atoms with Crippen LogP contribution in [0.2, 0.25) is 10.0 Å². The number of nitrogens with one attached hydrogen (secondary N) is 1. The highest BCUT2D eigenvalue weighted by molar-refractivity contribution is 6.36. The molecule has 3 aromatic rings. The highest BCUT2D eigenvalue weighted by Crippen LogP contribution is 2.29. The number of ether oxygens (including phenoxy) is 1. The molecule has 1 aromatic heterocycles. The van der Waals surface area contributed by atoms with Crippen molar-refractivity contribution in [2.24, 2.45) is 5.92 Å². The van der Waals surface area contributed by atoms with Crippen molar-refractivity contribution in [2.75, 3.05) is 20.2 Å². The summed E-state index contributed by atoms with van der Waals surface area (Å²) in [5, 5.41) is 8.11. The van der Waals surface area contributed by atoms with Gasteiger partial charge >= 0.3 is 0 Å². The number of amides is 1. The molecule has 1 saturated heterocycles. The molecule has 0 radical (unpaired) electrons. The number of halogens is 2. The Labute approximate surface area is 196 Å². The van der Waals surface area contributed by atoms with Gasteiger partial charge in [-0.25, -0.2) is 0 Å². The number of hydrogen-bond acceptors (Lipinski definition) is 6. The van der Waals surface area contributed by atoms with E-state index in [1.54, 1.807) is 25.3 Å². The Morgan fingerprint density at radius 3 is 2.75 bits per heavy atom. The topological polar surface area (TPSA) is 80.5 Å². The number of carbonyl (C=O) groups excluding carboxylic acids is 1. The lowest BCUT2D eigenvalue weighted by molar-refractivity contribution is -0.126. The van der Waals surface area contributed by atoms with Gasteiger partial charge in [-0.2, -0.15) is 4.98 Å². The summed E-state index contributed by atoms with van der Waals surface area (Å²) in [4.78, 5) is 19.3. The van der Waals surface area contributed by atoms with Gasteiger partial charge in [-0.1, -0.05) is 46.6 Å². The molecule has 0 aliphatic carbocycles. The molecule has 0 spiro atoms. The van der Waals surface area contributed by atoms with Gasteiger partial charge in [-0.3, -0.25) is 9.69 Å². The van der Waals surface area contributed by atoms with E-state index >= 15 is 0 Å². The van der Waals surface area contributed by atoms with Crippen molar-refractivity contribution in [3.8, 4) is 17.1 Å². The first kappa shape index (κ1) is 22.6. The molecule has 2 heterocycles. The van der Waals surface area contributed by atoms with Gasteiger partial charge < -0.3 is 14.6 Å². The van der Waals surface area contributed by atoms with Crippen molar-refractivity contribution in [3.05, 3.63) is 64.0 Å². The third-order valence-corrected chi connectivity index (χ3v) is 6.15. The van der Waals surface area contributed by atoms with Crippen LogP contribution in [0, 0.1) is 5.92 Å². The number of benzene rings is 2. The first-order valence-electron chi connectivity index (χ1n) is 10.4. The second-order valence-corrected chi connectivity index (χ2v) is 8.56. The maximum Gasteiger partial charge on any atom is 0.241 e. The molecular weight excluding hydrogens is 451 g/mol. The monoisotopic (exact) mass is 474 g/mol. The zero-order chi connectivity index (χ0) is 22.5. The zero-order valence-corrected chi connectivity index (χ0v) is 19.2. The smallest absolute Gasteiger partial charge is 0.241 e. The van der Waals surface area contributed by atoms with E-state index in [0.717, 1.165) is 37.2 Å². The predicted molar refractivity (Wildman–Crippen MR) is 123 cm³/mol. The highest BCUT2D eigenvalue weighted by Gasteiger charge is 2.26. The average Bonchev–Trinajstić information content (AvgIpc) is 3.26. The number of carbonyl (C=O) groups is 1. The summed E-state index contributed by atoms with van der Waals surface area (Å²) in [6.45, 7) is 2.56. The molecule has 0 saturated carbocycles. The van der Waals surface area contributed by atoms with Crippen molar-refractivity contribution in [2.45, 2.75) is 25.9 Å². The van der Waals surface area contributed by atoms with Crippen LogP contribution in [0.25, 0.3) is 11.4 Å². The summed E-state index contributed by atoms with van der Waals surface area (Å²) in [5.41, 5.74) is 1.64. The van der Waals surface area contributed by atoms with Crippen LogP contribution < -0.4 is 10.1 Å². The van der Waals surface area contributed by atoms with Gasteiger partial charge in [0, 0.05) is 28.6 Å². The minimum atomic E-state index is -0.00734. The summed E-state index contributed by atoms with van der Waals surface area (Å²) in [5.74, 6) is 1.80. The lowest BCUT2D eigenvalue weighted by Gasteiger charge is -2.30. The average molecular weight is 475 g/mol. The van der Waals surface area contributed by atoms with E-state index < -0.39 is 0 Å². The molecule has 1 amide bonds. The second kappa shape index (κ2) is 10.3. The Kier molecular flexibility index (Phi) is 7.29. The molecular formula is C23H24Cl2N4O3. The molecule has 0 atom stereocenters. The summed E-state index contributed by atoms with van der Waals surface area (Å²) >= 11 is 12.2. The number of piperidine rings is 1. The summed E-state index contributed by atoms with van der Waals surface area (Å²) in [6, 6.07) is 12.9. The Morgan fingerprint density at radius 2 is 2.00 bits per heavy atom. The number of likely N-dealkylation sites (tertiary alicyclic amines) is 1. The van der Waals surface area contributed by atoms with Crippen molar-refractivity contribution < 1.29 is 14.1 Å². The largest absolute Gasteiger partial charge is 0.496 e. The number of para-hydroxylation sites is 1. The van der Waals surface area contributed by atoms with Gasteiger partial charge in [0.15, 0.2) is 0 Å². The van der Waals surface area contributed by atoms with E-state index in [2.05, 4.69) is 20.4 Å². The second-order valence-electron chi connectivity index (χ2n) is 7.72. The van der Waals surface area contributed by atoms with Gasteiger partial charge in [0.25, 0.3) is 0 Å². The Morgan fingerprint density at radius 1 is 1.22 bits per heavy atom. The maximum absolute atomic E-state index is 12.6. The molecule has 1 aliphatic heterocycles. The number of rotatable bonds is 7. The first-order chi connectivity index (χ1) is 15.5. The van der Waals surface area contributed by atoms with E-state index in [9.17, 15) is 4.79 Å². The third-order valence-electron chi connectivity index (χ3n) is 5.60. The molecule has 1 N–H and O–H groups in total.